The Morgan fingerprint density at radius 2 is 2.28 bits per heavy atom. The van der Waals surface area contributed by atoms with Crippen LogP contribution in [0.4, 0.5) is 4.79 Å². The van der Waals surface area contributed by atoms with E-state index in [-0.39, 0.29) is 17.4 Å². The van der Waals surface area contributed by atoms with Gasteiger partial charge in [0, 0.05) is 20.1 Å². The molecule has 2 N–H and O–H groups in total. The van der Waals surface area contributed by atoms with E-state index in [0.717, 1.165) is 5.56 Å². The Kier molecular flexibility index (Phi) is 5.74. The second-order valence-electron chi connectivity index (χ2n) is 3.87. The third kappa shape index (κ3) is 4.43. The zero-order valence-corrected chi connectivity index (χ0v) is 11.2. The first-order valence-electron chi connectivity index (χ1n) is 5.54. The van der Waals surface area contributed by atoms with Crippen LogP contribution < -0.4 is 5.32 Å². The number of hydrogen-bond acceptors (Lipinski definition) is 4. The lowest BCUT2D eigenvalue weighted by Gasteiger charge is -2.16. The topological polar surface area (TPSA) is 61.8 Å². The van der Waals surface area contributed by atoms with Gasteiger partial charge in [-0.25, -0.2) is 4.79 Å². The number of ether oxygens (including phenoxy) is 1. The molecule has 0 fully saturated rings. The van der Waals surface area contributed by atoms with Gasteiger partial charge in [-0.1, -0.05) is 17.7 Å². The number of nitrogens with zero attached hydrogens (tertiary/aromatic N) is 1. The van der Waals surface area contributed by atoms with Gasteiger partial charge in [-0.05, 0) is 24.7 Å². The van der Waals surface area contributed by atoms with Gasteiger partial charge in [-0.15, -0.1) is 0 Å². The fourth-order valence-corrected chi connectivity index (χ4v) is 1.47. The number of aromatic hydroxyl groups is 1. The molecule has 0 aliphatic carbocycles. The normalized spacial score (nSPS) is 10.2. The van der Waals surface area contributed by atoms with E-state index in [4.69, 9.17) is 16.3 Å². The van der Waals surface area contributed by atoms with Crippen LogP contribution in [-0.2, 0) is 11.3 Å². The lowest BCUT2D eigenvalue weighted by molar-refractivity contribution is 0.105. The molecule has 100 valence electrons. The van der Waals surface area contributed by atoms with Crippen molar-refractivity contribution >= 4 is 17.7 Å². The maximum Gasteiger partial charge on any atom is 0.409 e. The van der Waals surface area contributed by atoms with Crippen LogP contribution >= 0.6 is 11.6 Å². The van der Waals surface area contributed by atoms with Crippen LogP contribution in [-0.4, -0.2) is 43.3 Å². The van der Waals surface area contributed by atoms with Crippen molar-refractivity contribution in [3.8, 4) is 5.75 Å². The SMILES string of the molecule is CNCCN(C)C(=O)OCc1ccc(O)c(Cl)c1. The fraction of sp³-hybridized carbons (Fsp3) is 0.417. The highest BCUT2D eigenvalue weighted by molar-refractivity contribution is 6.32. The Bertz CT molecular complexity index is 412. The molecule has 0 spiro atoms. The third-order valence-electron chi connectivity index (χ3n) is 2.38. The summed E-state index contributed by atoms with van der Waals surface area (Å²) in [6, 6.07) is 4.69. The van der Waals surface area contributed by atoms with Gasteiger partial charge in [0.1, 0.15) is 12.4 Å². The third-order valence-corrected chi connectivity index (χ3v) is 2.69. The number of nitrogens with one attached hydrogen (secondary N) is 1. The molecule has 1 aromatic carbocycles. The average molecular weight is 273 g/mol. The summed E-state index contributed by atoms with van der Waals surface area (Å²) in [5, 5.41) is 12.4. The predicted molar refractivity (Wildman–Crippen MR) is 69.9 cm³/mol. The van der Waals surface area contributed by atoms with Gasteiger partial charge in [0.05, 0.1) is 5.02 Å². The molecule has 0 unspecified atom stereocenters. The number of likely N-dealkylation sites (N-methyl/N-ethyl adjacent to an activating group) is 2. The molecule has 5 nitrogen and oxygen atoms in total. The highest BCUT2D eigenvalue weighted by Gasteiger charge is 2.09. The van der Waals surface area contributed by atoms with E-state index >= 15 is 0 Å². The monoisotopic (exact) mass is 272 g/mol. The van der Waals surface area contributed by atoms with Crippen LogP contribution in [0.2, 0.25) is 5.02 Å². The van der Waals surface area contributed by atoms with Crippen LogP contribution in [0.1, 0.15) is 5.56 Å². The second-order valence-corrected chi connectivity index (χ2v) is 4.27. The van der Waals surface area contributed by atoms with Crippen molar-refractivity contribution in [3.05, 3.63) is 28.8 Å². The summed E-state index contributed by atoms with van der Waals surface area (Å²) in [5.74, 6) is 0.0119. The molecule has 0 atom stereocenters. The van der Waals surface area contributed by atoms with E-state index in [1.54, 1.807) is 19.2 Å². The number of hydrogen-bond donors (Lipinski definition) is 2. The molecular formula is C12H17ClN2O3. The van der Waals surface area contributed by atoms with Crippen LogP contribution in [0.3, 0.4) is 0 Å². The molecule has 0 saturated heterocycles. The summed E-state index contributed by atoms with van der Waals surface area (Å²) in [7, 11) is 3.49. The van der Waals surface area contributed by atoms with Crippen LogP contribution in [0.5, 0.6) is 5.75 Å². The minimum Gasteiger partial charge on any atom is -0.506 e. The van der Waals surface area contributed by atoms with Gasteiger partial charge in [0.15, 0.2) is 0 Å². The molecule has 1 aromatic rings. The zero-order chi connectivity index (χ0) is 13.5. The Labute approximate surface area is 111 Å². The van der Waals surface area contributed by atoms with Gasteiger partial charge in [-0.2, -0.15) is 0 Å². The summed E-state index contributed by atoms with van der Waals surface area (Å²) < 4.78 is 5.10. The summed E-state index contributed by atoms with van der Waals surface area (Å²) in [4.78, 5) is 13.1. The van der Waals surface area contributed by atoms with Crippen LogP contribution in [0, 0.1) is 0 Å². The van der Waals surface area contributed by atoms with Crippen molar-refractivity contribution in [1.82, 2.24) is 10.2 Å². The number of benzene rings is 1. The molecule has 0 aliphatic heterocycles. The Morgan fingerprint density at radius 3 is 2.89 bits per heavy atom. The summed E-state index contributed by atoms with van der Waals surface area (Å²) in [6.07, 6.45) is -0.394. The molecule has 0 saturated carbocycles. The fourth-order valence-electron chi connectivity index (χ4n) is 1.27. The van der Waals surface area contributed by atoms with Crippen LogP contribution in [0.15, 0.2) is 18.2 Å². The molecule has 0 bridgehead atoms. The first kappa shape index (κ1) is 14.6. The highest BCUT2D eigenvalue weighted by Crippen LogP contribution is 2.23. The lowest BCUT2D eigenvalue weighted by atomic mass is 10.2. The maximum atomic E-state index is 11.6. The molecule has 0 radical (unpaired) electrons. The van der Waals surface area contributed by atoms with Crippen molar-refractivity contribution in [2.75, 3.05) is 27.2 Å². The Hall–Kier alpha value is -1.46. The quantitative estimate of drug-likeness (QED) is 0.859. The minimum absolute atomic E-state index is 0.0119. The molecule has 0 aliphatic rings. The smallest absolute Gasteiger partial charge is 0.409 e. The van der Waals surface area contributed by atoms with Crippen molar-refractivity contribution in [3.63, 3.8) is 0 Å². The predicted octanol–water partition coefficient (Wildman–Crippen LogP) is 1.83. The van der Waals surface area contributed by atoms with E-state index in [2.05, 4.69) is 5.32 Å². The number of amides is 1. The Balaban J connectivity index is 2.44. The van der Waals surface area contributed by atoms with Crippen molar-refractivity contribution in [2.45, 2.75) is 6.61 Å². The lowest BCUT2D eigenvalue weighted by Crippen LogP contribution is -2.33. The van der Waals surface area contributed by atoms with E-state index in [1.807, 2.05) is 7.05 Å². The summed E-state index contributed by atoms with van der Waals surface area (Å²) in [6.45, 7) is 1.41. The van der Waals surface area contributed by atoms with E-state index < -0.39 is 6.09 Å². The van der Waals surface area contributed by atoms with Gasteiger partial charge >= 0.3 is 6.09 Å². The van der Waals surface area contributed by atoms with Gasteiger partial charge in [0.25, 0.3) is 0 Å². The molecule has 1 amide bonds. The molecule has 6 heteroatoms. The van der Waals surface area contributed by atoms with Gasteiger partial charge in [-0.3, -0.25) is 0 Å². The molecule has 1 rings (SSSR count). The zero-order valence-electron chi connectivity index (χ0n) is 10.4. The van der Waals surface area contributed by atoms with E-state index in [0.29, 0.717) is 13.1 Å². The average Bonchev–Trinajstić information content (AvgIpc) is 2.36. The molecule has 0 aromatic heterocycles. The minimum atomic E-state index is -0.394. The summed E-state index contributed by atoms with van der Waals surface area (Å²) >= 11 is 5.75. The first-order valence-corrected chi connectivity index (χ1v) is 5.92. The second kappa shape index (κ2) is 7.08. The molecule has 18 heavy (non-hydrogen) atoms. The number of rotatable bonds is 5. The van der Waals surface area contributed by atoms with E-state index in [9.17, 15) is 9.90 Å². The largest absolute Gasteiger partial charge is 0.506 e. The number of carbonyl (C=O) groups is 1. The Morgan fingerprint density at radius 1 is 1.56 bits per heavy atom. The number of halogens is 1. The van der Waals surface area contributed by atoms with Gasteiger partial charge in [0.2, 0.25) is 0 Å². The molecular weight excluding hydrogens is 256 g/mol. The van der Waals surface area contributed by atoms with Crippen molar-refractivity contribution in [2.24, 2.45) is 0 Å². The summed E-state index contributed by atoms with van der Waals surface area (Å²) in [5.41, 5.74) is 0.730. The number of phenols is 1. The van der Waals surface area contributed by atoms with Crippen molar-refractivity contribution in [1.29, 1.82) is 0 Å². The first-order chi connectivity index (χ1) is 8.54. The van der Waals surface area contributed by atoms with Crippen molar-refractivity contribution < 1.29 is 14.6 Å². The number of carbonyl (C=O) groups excluding carboxylic acids is 1. The van der Waals surface area contributed by atoms with E-state index in [1.165, 1.54) is 11.0 Å². The maximum absolute atomic E-state index is 11.6. The number of phenolic OH excluding ortho intramolecular Hbond substituents is 1. The van der Waals surface area contributed by atoms with Gasteiger partial charge < -0.3 is 20.1 Å². The van der Waals surface area contributed by atoms with Crippen LogP contribution in [0.25, 0.3) is 0 Å². The highest BCUT2D eigenvalue weighted by atomic mass is 35.5. The standard InChI is InChI=1S/C12H17ClN2O3/c1-14-5-6-15(2)12(17)18-8-9-3-4-11(16)10(13)7-9/h3-4,7,14,16H,5-6,8H2,1-2H3. The molecule has 0 heterocycles.